The third-order valence-electron chi connectivity index (χ3n) is 2.52. The van der Waals surface area contributed by atoms with E-state index in [0.29, 0.717) is 12.1 Å². The number of aryl methyl sites for hydroxylation is 1. The molecule has 0 aromatic heterocycles. The molecule has 1 amide bonds. The van der Waals surface area contributed by atoms with Crippen molar-refractivity contribution in [1.82, 2.24) is 5.32 Å². The molecule has 17 heavy (non-hydrogen) atoms. The topological polar surface area (TPSA) is 66.4 Å². The van der Waals surface area contributed by atoms with E-state index >= 15 is 0 Å². The first-order chi connectivity index (χ1) is 8.00. The van der Waals surface area contributed by atoms with Gasteiger partial charge in [0.1, 0.15) is 0 Å². The standard InChI is InChI=1S/C13H17NO3/c1-9(7-12(15)16)8-14-13(17)11-6-4-3-5-10(11)2/h3-6,9H,7-8H2,1-2H3,(H,14,17)(H,15,16). The van der Waals surface area contributed by atoms with Crippen molar-refractivity contribution in [2.45, 2.75) is 20.3 Å². The van der Waals surface area contributed by atoms with Gasteiger partial charge < -0.3 is 10.4 Å². The molecule has 1 aromatic carbocycles. The van der Waals surface area contributed by atoms with E-state index in [4.69, 9.17) is 5.11 Å². The largest absolute Gasteiger partial charge is 0.481 e. The van der Waals surface area contributed by atoms with Gasteiger partial charge in [-0.15, -0.1) is 0 Å². The number of aliphatic carboxylic acids is 1. The summed E-state index contributed by atoms with van der Waals surface area (Å²) in [5, 5.41) is 11.3. The molecule has 1 rings (SSSR count). The van der Waals surface area contributed by atoms with Crippen molar-refractivity contribution in [3.8, 4) is 0 Å². The van der Waals surface area contributed by atoms with Crippen LogP contribution in [-0.2, 0) is 4.79 Å². The number of hydrogen-bond acceptors (Lipinski definition) is 2. The molecule has 0 spiro atoms. The van der Waals surface area contributed by atoms with Crippen LogP contribution in [0.15, 0.2) is 24.3 Å². The molecule has 0 fully saturated rings. The highest BCUT2D eigenvalue weighted by Gasteiger charge is 2.11. The lowest BCUT2D eigenvalue weighted by Gasteiger charge is -2.11. The van der Waals surface area contributed by atoms with Crippen LogP contribution in [-0.4, -0.2) is 23.5 Å². The SMILES string of the molecule is Cc1ccccc1C(=O)NCC(C)CC(=O)O. The van der Waals surface area contributed by atoms with Crippen molar-refractivity contribution in [2.24, 2.45) is 5.92 Å². The van der Waals surface area contributed by atoms with E-state index in [-0.39, 0.29) is 18.2 Å². The van der Waals surface area contributed by atoms with Crippen LogP contribution in [0.5, 0.6) is 0 Å². The van der Waals surface area contributed by atoms with Gasteiger partial charge in [-0.3, -0.25) is 9.59 Å². The first-order valence-electron chi connectivity index (χ1n) is 5.56. The number of carbonyl (C=O) groups is 2. The monoisotopic (exact) mass is 235 g/mol. The van der Waals surface area contributed by atoms with Crippen molar-refractivity contribution in [1.29, 1.82) is 0 Å². The molecule has 92 valence electrons. The number of amides is 1. The Morgan fingerprint density at radius 1 is 1.35 bits per heavy atom. The summed E-state index contributed by atoms with van der Waals surface area (Å²) in [6.45, 7) is 4.04. The van der Waals surface area contributed by atoms with E-state index in [0.717, 1.165) is 5.56 Å². The number of nitrogens with one attached hydrogen (secondary N) is 1. The van der Waals surface area contributed by atoms with Gasteiger partial charge in [-0.05, 0) is 24.5 Å². The van der Waals surface area contributed by atoms with E-state index in [2.05, 4.69) is 5.32 Å². The predicted molar refractivity (Wildman–Crippen MR) is 64.9 cm³/mol. The Labute approximate surface area is 101 Å². The maximum Gasteiger partial charge on any atom is 0.303 e. The van der Waals surface area contributed by atoms with Crippen LogP contribution >= 0.6 is 0 Å². The zero-order valence-corrected chi connectivity index (χ0v) is 10.1. The Hall–Kier alpha value is -1.84. The average molecular weight is 235 g/mol. The fourth-order valence-electron chi connectivity index (χ4n) is 1.56. The molecule has 4 heteroatoms. The Bertz CT molecular complexity index is 415. The fourth-order valence-corrected chi connectivity index (χ4v) is 1.56. The quantitative estimate of drug-likeness (QED) is 0.818. The van der Waals surface area contributed by atoms with E-state index in [9.17, 15) is 9.59 Å². The molecule has 0 bridgehead atoms. The van der Waals surface area contributed by atoms with Gasteiger partial charge in [-0.1, -0.05) is 25.1 Å². The van der Waals surface area contributed by atoms with Crippen LogP contribution in [0.2, 0.25) is 0 Å². The second kappa shape index (κ2) is 6.03. The summed E-state index contributed by atoms with van der Waals surface area (Å²) in [6, 6.07) is 7.31. The highest BCUT2D eigenvalue weighted by atomic mass is 16.4. The molecule has 0 radical (unpaired) electrons. The van der Waals surface area contributed by atoms with Gasteiger partial charge in [-0.25, -0.2) is 0 Å². The summed E-state index contributed by atoms with van der Waals surface area (Å²) < 4.78 is 0. The number of carboxylic acid groups (broad SMARTS) is 1. The van der Waals surface area contributed by atoms with Crippen molar-refractivity contribution in [3.63, 3.8) is 0 Å². The summed E-state index contributed by atoms with van der Waals surface area (Å²) in [6.07, 6.45) is 0.0635. The minimum Gasteiger partial charge on any atom is -0.481 e. The van der Waals surface area contributed by atoms with Gasteiger partial charge >= 0.3 is 5.97 Å². The molecular weight excluding hydrogens is 218 g/mol. The summed E-state index contributed by atoms with van der Waals surface area (Å²) >= 11 is 0. The van der Waals surface area contributed by atoms with E-state index in [1.165, 1.54) is 0 Å². The highest BCUT2D eigenvalue weighted by Crippen LogP contribution is 2.07. The third kappa shape index (κ3) is 4.26. The number of benzene rings is 1. The first kappa shape index (κ1) is 13.2. The van der Waals surface area contributed by atoms with Crippen LogP contribution in [0.3, 0.4) is 0 Å². The van der Waals surface area contributed by atoms with E-state index in [1.54, 1.807) is 13.0 Å². The van der Waals surface area contributed by atoms with Crippen molar-refractivity contribution < 1.29 is 14.7 Å². The molecule has 0 aliphatic carbocycles. The number of carboxylic acids is 1. The molecule has 0 saturated heterocycles. The van der Waals surface area contributed by atoms with Crippen LogP contribution in [0, 0.1) is 12.8 Å². The summed E-state index contributed by atoms with van der Waals surface area (Å²) in [5.41, 5.74) is 1.55. The maximum atomic E-state index is 11.8. The average Bonchev–Trinajstić information content (AvgIpc) is 2.25. The van der Waals surface area contributed by atoms with Gasteiger partial charge in [0.25, 0.3) is 5.91 Å². The summed E-state index contributed by atoms with van der Waals surface area (Å²) in [7, 11) is 0. The lowest BCUT2D eigenvalue weighted by atomic mass is 10.1. The lowest BCUT2D eigenvalue weighted by molar-refractivity contribution is -0.137. The van der Waals surface area contributed by atoms with E-state index < -0.39 is 5.97 Å². The fraction of sp³-hybridized carbons (Fsp3) is 0.385. The van der Waals surface area contributed by atoms with Crippen molar-refractivity contribution in [2.75, 3.05) is 6.54 Å². The number of carbonyl (C=O) groups excluding carboxylic acids is 1. The number of rotatable bonds is 5. The molecule has 4 nitrogen and oxygen atoms in total. The first-order valence-corrected chi connectivity index (χ1v) is 5.56. The molecule has 0 heterocycles. The molecule has 0 aliphatic heterocycles. The van der Waals surface area contributed by atoms with Crippen LogP contribution in [0.25, 0.3) is 0 Å². The van der Waals surface area contributed by atoms with Gasteiger partial charge in [0, 0.05) is 18.5 Å². The Morgan fingerprint density at radius 2 is 2.00 bits per heavy atom. The summed E-state index contributed by atoms with van der Waals surface area (Å²) in [4.78, 5) is 22.3. The van der Waals surface area contributed by atoms with Gasteiger partial charge in [-0.2, -0.15) is 0 Å². The van der Waals surface area contributed by atoms with E-state index in [1.807, 2.05) is 25.1 Å². The molecular formula is C13H17NO3. The van der Waals surface area contributed by atoms with Gasteiger partial charge in [0.15, 0.2) is 0 Å². The maximum absolute atomic E-state index is 11.8. The molecule has 1 aromatic rings. The molecule has 1 atom stereocenters. The van der Waals surface area contributed by atoms with Gasteiger partial charge in [0.05, 0.1) is 0 Å². The lowest BCUT2D eigenvalue weighted by Crippen LogP contribution is -2.29. The van der Waals surface area contributed by atoms with Crippen LogP contribution < -0.4 is 5.32 Å². The molecule has 1 unspecified atom stereocenters. The third-order valence-corrected chi connectivity index (χ3v) is 2.52. The Kier molecular flexibility index (Phi) is 4.69. The van der Waals surface area contributed by atoms with Gasteiger partial charge in [0.2, 0.25) is 0 Å². The zero-order chi connectivity index (χ0) is 12.8. The second-order valence-corrected chi connectivity index (χ2v) is 4.23. The zero-order valence-electron chi connectivity index (χ0n) is 10.1. The molecule has 0 saturated carbocycles. The highest BCUT2D eigenvalue weighted by molar-refractivity contribution is 5.95. The van der Waals surface area contributed by atoms with Crippen LogP contribution in [0.4, 0.5) is 0 Å². The predicted octanol–water partition coefficient (Wildman–Crippen LogP) is 1.84. The minimum absolute atomic E-state index is 0.0635. The smallest absolute Gasteiger partial charge is 0.303 e. The van der Waals surface area contributed by atoms with Crippen molar-refractivity contribution in [3.05, 3.63) is 35.4 Å². The minimum atomic E-state index is -0.845. The molecule has 2 N–H and O–H groups in total. The second-order valence-electron chi connectivity index (χ2n) is 4.23. The molecule has 0 aliphatic rings. The Balaban J connectivity index is 2.51. The van der Waals surface area contributed by atoms with Crippen LogP contribution in [0.1, 0.15) is 29.3 Å². The number of hydrogen-bond donors (Lipinski definition) is 2. The Morgan fingerprint density at radius 3 is 2.59 bits per heavy atom. The van der Waals surface area contributed by atoms with Crippen molar-refractivity contribution >= 4 is 11.9 Å². The summed E-state index contributed by atoms with van der Waals surface area (Å²) in [5.74, 6) is -1.07. The normalized spacial score (nSPS) is 11.9.